The molecular weight excluding hydrogens is 200 g/mol. The molecule has 2 heterocycles. The molecule has 2 aliphatic heterocycles. The van der Waals surface area contributed by atoms with E-state index in [4.69, 9.17) is 4.74 Å². The van der Waals surface area contributed by atoms with Crippen LogP contribution in [0.25, 0.3) is 0 Å². The van der Waals surface area contributed by atoms with Crippen molar-refractivity contribution in [2.24, 2.45) is 11.3 Å². The van der Waals surface area contributed by atoms with Crippen molar-refractivity contribution in [3.05, 3.63) is 0 Å². The molecule has 0 spiro atoms. The summed E-state index contributed by atoms with van der Waals surface area (Å²) in [7, 11) is 0. The highest BCUT2D eigenvalue weighted by Crippen LogP contribution is 2.28. The van der Waals surface area contributed by atoms with Gasteiger partial charge in [-0.25, -0.2) is 0 Å². The van der Waals surface area contributed by atoms with E-state index in [9.17, 15) is 0 Å². The van der Waals surface area contributed by atoms with Crippen molar-refractivity contribution in [1.29, 1.82) is 0 Å². The summed E-state index contributed by atoms with van der Waals surface area (Å²) in [5, 5.41) is 7.18. The van der Waals surface area contributed by atoms with Gasteiger partial charge in [0.15, 0.2) is 0 Å². The summed E-state index contributed by atoms with van der Waals surface area (Å²) < 4.78 is 5.42. The van der Waals surface area contributed by atoms with Gasteiger partial charge in [-0.05, 0) is 50.6 Å². The SMILES string of the molecule is CC1NCCC1CNCC1(C)CCOCC1. The lowest BCUT2D eigenvalue weighted by atomic mass is 9.82. The molecule has 0 saturated carbocycles. The molecular formula is C13H26N2O. The minimum Gasteiger partial charge on any atom is -0.381 e. The van der Waals surface area contributed by atoms with Crippen LogP contribution in [0.15, 0.2) is 0 Å². The molecule has 2 aliphatic rings. The lowest BCUT2D eigenvalue weighted by Gasteiger charge is -2.34. The molecule has 3 heteroatoms. The Bertz CT molecular complexity index is 214. The Morgan fingerprint density at radius 1 is 1.38 bits per heavy atom. The maximum absolute atomic E-state index is 5.42. The van der Waals surface area contributed by atoms with E-state index in [0.717, 1.165) is 25.7 Å². The average molecular weight is 226 g/mol. The molecule has 2 saturated heterocycles. The Balaban J connectivity index is 1.66. The molecule has 2 rings (SSSR count). The van der Waals surface area contributed by atoms with Crippen LogP contribution in [0.2, 0.25) is 0 Å². The normalized spacial score (nSPS) is 34.1. The van der Waals surface area contributed by atoms with Crippen LogP contribution < -0.4 is 10.6 Å². The Hall–Kier alpha value is -0.120. The van der Waals surface area contributed by atoms with Gasteiger partial charge < -0.3 is 15.4 Å². The fourth-order valence-electron chi connectivity index (χ4n) is 2.79. The van der Waals surface area contributed by atoms with Crippen molar-refractivity contribution < 1.29 is 4.74 Å². The third kappa shape index (κ3) is 3.19. The molecule has 0 aliphatic carbocycles. The zero-order valence-electron chi connectivity index (χ0n) is 10.7. The van der Waals surface area contributed by atoms with Crippen molar-refractivity contribution in [1.82, 2.24) is 10.6 Å². The molecule has 2 atom stereocenters. The maximum Gasteiger partial charge on any atom is 0.0471 e. The van der Waals surface area contributed by atoms with Crippen molar-refractivity contribution in [2.45, 2.75) is 39.2 Å². The predicted molar refractivity (Wildman–Crippen MR) is 66.6 cm³/mol. The molecule has 94 valence electrons. The van der Waals surface area contributed by atoms with E-state index in [-0.39, 0.29) is 0 Å². The molecule has 2 N–H and O–H groups in total. The van der Waals surface area contributed by atoms with E-state index >= 15 is 0 Å². The van der Waals surface area contributed by atoms with E-state index in [2.05, 4.69) is 24.5 Å². The minimum absolute atomic E-state index is 0.466. The molecule has 2 fully saturated rings. The van der Waals surface area contributed by atoms with E-state index in [1.165, 1.54) is 32.4 Å². The second-order valence-corrected chi connectivity index (χ2v) is 5.85. The van der Waals surface area contributed by atoms with Crippen LogP contribution >= 0.6 is 0 Å². The summed E-state index contributed by atoms with van der Waals surface area (Å²) in [4.78, 5) is 0. The van der Waals surface area contributed by atoms with Crippen LogP contribution in [0.4, 0.5) is 0 Å². The third-order valence-electron chi connectivity index (χ3n) is 4.35. The van der Waals surface area contributed by atoms with E-state index in [0.29, 0.717) is 11.5 Å². The first-order valence-electron chi connectivity index (χ1n) is 6.71. The van der Waals surface area contributed by atoms with E-state index < -0.39 is 0 Å². The summed E-state index contributed by atoms with van der Waals surface area (Å²) >= 11 is 0. The lowest BCUT2D eigenvalue weighted by molar-refractivity contribution is 0.0237. The summed E-state index contributed by atoms with van der Waals surface area (Å²) in [6.07, 6.45) is 3.74. The smallest absolute Gasteiger partial charge is 0.0471 e. The number of nitrogens with one attached hydrogen (secondary N) is 2. The molecule has 0 radical (unpaired) electrons. The van der Waals surface area contributed by atoms with E-state index in [1.54, 1.807) is 0 Å². The molecule has 0 aromatic heterocycles. The maximum atomic E-state index is 5.42. The first-order chi connectivity index (χ1) is 7.70. The number of rotatable bonds is 4. The molecule has 16 heavy (non-hydrogen) atoms. The highest BCUT2D eigenvalue weighted by atomic mass is 16.5. The average Bonchev–Trinajstić information content (AvgIpc) is 2.65. The van der Waals surface area contributed by atoms with Gasteiger partial charge in [0.25, 0.3) is 0 Å². The van der Waals surface area contributed by atoms with Crippen LogP contribution in [-0.2, 0) is 4.74 Å². The number of ether oxygens (including phenoxy) is 1. The van der Waals surface area contributed by atoms with Gasteiger partial charge in [0, 0.05) is 25.8 Å². The quantitative estimate of drug-likeness (QED) is 0.760. The zero-order valence-corrected chi connectivity index (χ0v) is 10.7. The fraction of sp³-hybridized carbons (Fsp3) is 1.00. The van der Waals surface area contributed by atoms with Gasteiger partial charge >= 0.3 is 0 Å². The Morgan fingerprint density at radius 3 is 2.75 bits per heavy atom. The Labute approximate surface area is 99.3 Å². The second-order valence-electron chi connectivity index (χ2n) is 5.85. The van der Waals surface area contributed by atoms with Crippen LogP contribution in [0.5, 0.6) is 0 Å². The minimum atomic E-state index is 0.466. The monoisotopic (exact) mass is 226 g/mol. The van der Waals surface area contributed by atoms with Gasteiger partial charge in [-0.3, -0.25) is 0 Å². The summed E-state index contributed by atoms with van der Waals surface area (Å²) in [6.45, 7) is 10.1. The zero-order chi connectivity index (χ0) is 11.4. The second kappa shape index (κ2) is 5.48. The van der Waals surface area contributed by atoms with Gasteiger partial charge in [0.1, 0.15) is 0 Å². The molecule has 0 bridgehead atoms. The van der Waals surface area contributed by atoms with Crippen molar-refractivity contribution in [3.63, 3.8) is 0 Å². The van der Waals surface area contributed by atoms with Crippen LogP contribution in [0.3, 0.4) is 0 Å². The topological polar surface area (TPSA) is 33.3 Å². The first-order valence-corrected chi connectivity index (χ1v) is 6.71. The lowest BCUT2D eigenvalue weighted by Crippen LogP contribution is -2.40. The molecule has 0 aromatic carbocycles. The highest BCUT2D eigenvalue weighted by molar-refractivity contribution is 4.84. The van der Waals surface area contributed by atoms with E-state index in [1.807, 2.05) is 0 Å². The predicted octanol–water partition coefficient (Wildman–Crippen LogP) is 1.39. The van der Waals surface area contributed by atoms with Gasteiger partial charge in [0.05, 0.1) is 0 Å². The van der Waals surface area contributed by atoms with Crippen LogP contribution in [0, 0.1) is 11.3 Å². The third-order valence-corrected chi connectivity index (χ3v) is 4.35. The summed E-state index contributed by atoms with van der Waals surface area (Å²) in [6, 6.07) is 0.690. The Morgan fingerprint density at radius 2 is 2.12 bits per heavy atom. The highest BCUT2D eigenvalue weighted by Gasteiger charge is 2.28. The van der Waals surface area contributed by atoms with Gasteiger partial charge in [0.2, 0.25) is 0 Å². The molecule has 3 nitrogen and oxygen atoms in total. The first kappa shape index (κ1) is 12.3. The molecule has 2 unspecified atom stereocenters. The van der Waals surface area contributed by atoms with Crippen molar-refractivity contribution >= 4 is 0 Å². The number of hydrogen-bond donors (Lipinski definition) is 2. The Kier molecular flexibility index (Phi) is 4.22. The van der Waals surface area contributed by atoms with Crippen molar-refractivity contribution in [3.8, 4) is 0 Å². The molecule has 0 aromatic rings. The standard InChI is InChI=1S/C13H26N2O/c1-11-12(3-6-15-11)9-14-10-13(2)4-7-16-8-5-13/h11-12,14-15H,3-10H2,1-2H3. The fourth-order valence-corrected chi connectivity index (χ4v) is 2.79. The summed E-state index contributed by atoms with van der Waals surface area (Å²) in [5.74, 6) is 0.823. The molecule has 0 amide bonds. The van der Waals surface area contributed by atoms with Crippen LogP contribution in [0.1, 0.15) is 33.1 Å². The van der Waals surface area contributed by atoms with Crippen LogP contribution in [-0.4, -0.2) is 38.9 Å². The van der Waals surface area contributed by atoms with Gasteiger partial charge in [-0.2, -0.15) is 0 Å². The largest absolute Gasteiger partial charge is 0.381 e. The van der Waals surface area contributed by atoms with Gasteiger partial charge in [-0.1, -0.05) is 6.92 Å². The number of hydrogen-bond acceptors (Lipinski definition) is 3. The van der Waals surface area contributed by atoms with Crippen molar-refractivity contribution in [2.75, 3.05) is 32.8 Å². The van der Waals surface area contributed by atoms with Gasteiger partial charge in [-0.15, -0.1) is 0 Å². The summed E-state index contributed by atoms with van der Waals surface area (Å²) in [5.41, 5.74) is 0.466.